The van der Waals surface area contributed by atoms with Crippen LogP contribution in [0.5, 0.6) is 23.0 Å². The van der Waals surface area contributed by atoms with Crippen molar-refractivity contribution in [3.63, 3.8) is 0 Å². The number of hydrogen-bond acceptors (Lipinski definition) is 7. The summed E-state index contributed by atoms with van der Waals surface area (Å²) in [5.41, 5.74) is 1.44. The number of hydrazone groups is 1. The molecular weight excluding hydrogens is 446 g/mol. The molecule has 0 fully saturated rings. The quantitative estimate of drug-likeness (QED) is 0.177. The largest absolute Gasteiger partial charge is 0.494 e. The van der Waals surface area contributed by atoms with Crippen LogP contribution in [0.4, 0.5) is 0 Å². The molecule has 2 aromatic rings. The minimum atomic E-state index is -0.0692. The molecule has 0 atom stereocenters. The number of amides is 1. The van der Waals surface area contributed by atoms with E-state index in [2.05, 4.69) is 5.10 Å². The second kappa shape index (κ2) is 14.1. The molecule has 2 aromatic carbocycles. The summed E-state index contributed by atoms with van der Waals surface area (Å²) >= 11 is 0. The standard InChI is InChI=1S/C27H39N3O5/c1-19(2)30(20(3)4)27(31)22-16-24(32-5)26(25(17-22)33-6)35-15-9-7-8-14-34-23-12-10-21(11-13-23)18-29-28/h10-13,16-20H,7-9,14-15,28H2,1-6H3. The van der Waals surface area contributed by atoms with Gasteiger partial charge < -0.3 is 29.7 Å². The fourth-order valence-electron chi connectivity index (χ4n) is 3.84. The van der Waals surface area contributed by atoms with Gasteiger partial charge in [-0.05, 0) is 88.9 Å². The summed E-state index contributed by atoms with van der Waals surface area (Å²) in [6.07, 6.45) is 4.27. The average Bonchev–Trinajstić information content (AvgIpc) is 2.83. The van der Waals surface area contributed by atoms with Gasteiger partial charge in [0.25, 0.3) is 5.91 Å². The van der Waals surface area contributed by atoms with Crippen LogP contribution in [-0.2, 0) is 0 Å². The van der Waals surface area contributed by atoms with Crippen LogP contribution in [0.25, 0.3) is 0 Å². The van der Waals surface area contributed by atoms with E-state index in [1.165, 1.54) is 0 Å². The van der Waals surface area contributed by atoms with Crippen LogP contribution in [0.3, 0.4) is 0 Å². The summed E-state index contributed by atoms with van der Waals surface area (Å²) in [7, 11) is 3.12. The highest BCUT2D eigenvalue weighted by Gasteiger charge is 2.25. The first kappa shape index (κ1) is 27.8. The Hall–Kier alpha value is -3.42. The highest BCUT2D eigenvalue weighted by Crippen LogP contribution is 2.39. The van der Waals surface area contributed by atoms with Crippen molar-refractivity contribution < 1.29 is 23.7 Å². The van der Waals surface area contributed by atoms with Gasteiger partial charge in [-0.1, -0.05) is 0 Å². The van der Waals surface area contributed by atoms with Crippen LogP contribution in [0.1, 0.15) is 62.9 Å². The second-order valence-corrected chi connectivity index (χ2v) is 8.71. The zero-order chi connectivity index (χ0) is 25.8. The first-order valence-corrected chi connectivity index (χ1v) is 12.0. The third-order valence-corrected chi connectivity index (χ3v) is 5.46. The number of nitrogens with two attached hydrogens (primary N) is 1. The van der Waals surface area contributed by atoms with E-state index in [-0.39, 0.29) is 18.0 Å². The smallest absolute Gasteiger partial charge is 0.254 e. The Morgan fingerprint density at radius 2 is 1.46 bits per heavy atom. The molecule has 0 saturated heterocycles. The maximum atomic E-state index is 13.1. The average molecular weight is 486 g/mol. The van der Waals surface area contributed by atoms with Crippen molar-refractivity contribution in [3.05, 3.63) is 47.5 Å². The molecule has 0 heterocycles. The number of methoxy groups -OCH3 is 2. The molecule has 0 aromatic heterocycles. The minimum Gasteiger partial charge on any atom is -0.494 e. The molecule has 2 N–H and O–H groups in total. The molecule has 0 saturated carbocycles. The Morgan fingerprint density at radius 1 is 0.914 bits per heavy atom. The molecule has 8 heteroatoms. The van der Waals surface area contributed by atoms with Crippen molar-refractivity contribution in [2.75, 3.05) is 27.4 Å². The van der Waals surface area contributed by atoms with Crippen LogP contribution in [0.15, 0.2) is 41.5 Å². The number of unbranched alkanes of at least 4 members (excludes halogenated alkanes) is 2. The zero-order valence-electron chi connectivity index (χ0n) is 21.7. The lowest BCUT2D eigenvalue weighted by atomic mass is 10.1. The number of benzene rings is 2. The first-order valence-electron chi connectivity index (χ1n) is 12.0. The fourth-order valence-corrected chi connectivity index (χ4v) is 3.84. The van der Waals surface area contributed by atoms with E-state index in [9.17, 15) is 4.79 Å². The number of ether oxygens (including phenoxy) is 4. The van der Waals surface area contributed by atoms with Gasteiger partial charge in [0.15, 0.2) is 11.5 Å². The van der Waals surface area contributed by atoms with Gasteiger partial charge in [0.05, 0.1) is 33.6 Å². The van der Waals surface area contributed by atoms with Crippen molar-refractivity contribution in [2.45, 2.75) is 59.0 Å². The molecule has 0 aliphatic carbocycles. The highest BCUT2D eigenvalue weighted by atomic mass is 16.5. The van der Waals surface area contributed by atoms with Crippen LogP contribution >= 0.6 is 0 Å². The molecule has 0 bridgehead atoms. The lowest BCUT2D eigenvalue weighted by Crippen LogP contribution is -2.42. The van der Waals surface area contributed by atoms with Crippen LogP contribution in [-0.4, -0.2) is 56.5 Å². The van der Waals surface area contributed by atoms with Gasteiger partial charge in [0.2, 0.25) is 5.75 Å². The van der Waals surface area contributed by atoms with Gasteiger partial charge in [-0.25, -0.2) is 0 Å². The summed E-state index contributed by atoms with van der Waals surface area (Å²) in [6, 6.07) is 11.2. The zero-order valence-corrected chi connectivity index (χ0v) is 21.7. The predicted molar refractivity (Wildman–Crippen MR) is 139 cm³/mol. The Balaban J connectivity index is 1.90. The number of carbonyl (C=O) groups excluding carboxylic acids is 1. The predicted octanol–water partition coefficient (Wildman–Crippen LogP) is 4.88. The molecule has 0 unspecified atom stereocenters. The molecular formula is C27H39N3O5. The molecule has 8 nitrogen and oxygen atoms in total. The van der Waals surface area contributed by atoms with Gasteiger partial charge in [0, 0.05) is 17.6 Å². The van der Waals surface area contributed by atoms with Crippen molar-refractivity contribution >= 4 is 12.1 Å². The van der Waals surface area contributed by atoms with Gasteiger partial charge in [-0.3, -0.25) is 4.79 Å². The number of carbonyl (C=O) groups is 1. The first-order chi connectivity index (χ1) is 16.8. The van der Waals surface area contributed by atoms with Crippen molar-refractivity contribution in [1.82, 2.24) is 4.90 Å². The molecule has 35 heavy (non-hydrogen) atoms. The van der Waals surface area contributed by atoms with Crippen molar-refractivity contribution in [1.29, 1.82) is 0 Å². The van der Waals surface area contributed by atoms with E-state index < -0.39 is 0 Å². The maximum Gasteiger partial charge on any atom is 0.254 e. The Bertz CT molecular complexity index is 925. The van der Waals surface area contributed by atoms with Gasteiger partial charge in [0.1, 0.15) is 5.75 Å². The summed E-state index contributed by atoms with van der Waals surface area (Å²) in [6.45, 7) is 9.13. The van der Waals surface area contributed by atoms with Gasteiger partial charge in [-0.2, -0.15) is 5.10 Å². The monoisotopic (exact) mass is 485 g/mol. The normalized spacial score (nSPS) is 11.2. The SMILES string of the molecule is COc1cc(C(=O)N(C(C)C)C(C)C)cc(OC)c1OCCCCCOc1ccc(C=NN)cc1. The third-order valence-electron chi connectivity index (χ3n) is 5.46. The highest BCUT2D eigenvalue weighted by molar-refractivity contribution is 5.96. The summed E-state index contributed by atoms with van der Waals surface area (Å²) in [5, 5.41) is 3.50. The van der Waals surface area contributed by atoms with E-state index in [0.29, 0.717) is 36.0 Å². The number of rotatable bonds is 14. The Kier molecular flexibility index (Phi) is 11.2. The van der Waals surface area contributed by atoms with Crippen molar-refractivity contribution in [3.8, 4) is 23.0 Å². The second-order valence-electron chi connectivity index (χ2n) is 8.71. The molecule has 192 valence electrons. The van der Waals surface area contributed by atoms with E-state index in [0.717, 1.165) is 30.6 Å². The van der Waals surface area contributed by atoms with Gasteiger partial charge in [-0.15, -0.1) is 0 Å². The summed E-state index contributed by atoms with van der Waals surface area (Å²) in [5.74, 6) is 7.36. The summed E-state index contributed by atoms with van der Waals surface area (Å²) < 4.78 is 22.8. The van der Waals surface area contributed by atoms with Crippen LogP contribution in [0, 0.1) is 0 Å². The van der Waals surface area contributed by atoms with Crippen molar-refractivity contribution in [2.24, 2.45) is 10.9 Å². The molecule has 0 radical (unpaired) electrons. The van der Waals surface area contributed by atoms with E-state index in [1.54, 1.807) is 32.6 Å². The van der Waals surface area contributed by atoms with E-state index >= 15 is 0 Å². The molecule has 0 aliphatic rings. The fraction of sp³-hybridized carbons (Fsp3) is 0.481. The lowest BCUT2D eigenvalue weighted by Gasteiger charge is -2.31. The molecule has 2 rings (SSSR count). The summed E-state index contributed by atoms with van der Waals surface area (Å²) in [4.78, 5) is 15.0. The van der Waals surface area contributed by atoms with Gasteiger partial charge >= 0.3 is 0 Å². The Morgan fingerprint density at radius 3 is 1.94 bits per heavy atom. The molecule has 0 spiro atoms. The van der Waals surface area contributed by atoms with E-state index in [4.69, 9.17) is 24.8 Å². The molecule has 0 aliphatic heterocycles. The van der Waals surface area contributed by atoms with Crippen LogP contribution in [0.2, 0.25) is 0 Å². The number of nitrogens with zero attached hydrogens (tertiary/aromatic N) is 2. The minimum absolute atomic E-state index is 0.0692. The van der Waals surface area contributed by atoms with Crippen LogP contribution < -0.4 is 24.8 Å². The third kappa shape index (κ3) is 8.09. The maximum absolute atomic E-state index is 13.1. The number of hydrogen-bond donors (Lipinski definition) is 1. The lowest BCUT2D eigenvalue weighted by molar-refractivity contribution is 0.0643. The molecule has 1 amide bonds. The topological polar surface area (TPSA) is 95.6 Å². The van der Waals surface area contributed by atoms with E-state index in [1.807, 2.05) is 56.9 Å². The Labute approximate surface area is 209 Å².